The molecule has 0 aliphatic heterocycles. The van der Waals surface area contributed by atoms with Crippen molar-refractivity contribution in [2.75, 3.05) is 11.1 Å². The molecule has 0 fully saturated rings. The summed E-state index contributed by atoms with van der Waals surface area (Å²) in [7, 11) is 0. The van der Waals surface area contributed by atoms with E-state index in [1.165, 1.54) is 11.1 Å². The summed E-state index contributed by atoms with van der Waals surface area (Å²) in [5, 5.41) is 16.6. The lowest BCUT2D eigenvalue weighted by Crippen LogP contribution is -2.18. The van der Waals surface area contributed by atoms with E-state index in [0.717, 1.165) is 0 Å². The van der Waals surface area contributed by atoms with Crippen molar-refractivity contribution in [3.05, 3.63) is 100 Å². The van der Waals surface area contributed by atoms with Crippen LogP contribution < -0.4 is 16.4 Å². The number of H-pyrrole nitrogens is 4. The van der Waals surface area contributed by atoms with E-state index in [-0.39, 0.29) is 0 Å². The molecule has 34 heavy (non-hydrogen) atoms. The summed E-state index contributed by atoms with van der Waals surface area (Å²) >= 11 is 9.39. The van der Waals surface area contributed by atoms with Crippen LogP contribution in [0, 0.1) is 9.54 Å². The van der Waals surface area contributed by atoms with Gasteiger partial charge in [-0.2, -0.15) is 9.97 Å². The molecule has 12 heteroatoms. The highest BCUT2D eigenvalue weighted by Gasteiger charge is 1.98. The predicted octanol–water partition coefficient (Wildman–Crippen LogP) is 4.23. The van der Waals surface area contributed by atoms with Crippen molar-refractivity contribution in [3.8, 4) is 0 Å². The lowest BCUT2D eigenvalue weighted by Gasteiger charge is -2.09. The monoisotopic (exact) mass is 494 g/mol. The van der Waals surface area contributed by atoms with Gasteiger partial charge in [0.05, 0.1) is 12.4 Å². The number of hydrogen-bond acceptors (Lipinski definition) is 8. The van der Waals surface area contributed by atoms with Crippen molar-refractivity contribution in [3.63, 3.8) is 0 Å². The van der Waals surface area contributed by atoms with Crippen LogP contribution in [0.25, 0.3) is 0 Å². The van der Waals surface area contributed by atoms with Crippen molar-refractivity contribution >= 4 is 42.2 Å². The molecule has 0 amide bonds. The third-order valence-electron chi connectivity index (χ3n) is 3.85. The maximum atomic E-state index is 5.11. The molecular formula is C22H26N10S2. The maximum absolute atomic E-state index is 5.11. The molecule has 2 aromatic carbocycles. The number of nitrogens with two attached hydrogens (primary N) is 1. The number of hydrogen-bond donors (Lipinski definition) is 7. The van der Waals surface area contributed by atoms with Crippen molar-refractivity contribution in [1.29, 1.82) is 0 Å². The fourth-order valence-electron chi connectivity index (χ4n) is 2.33. The molecule has 0 atom stereocenters. The Hall–Kier alpha value is -4.25. The Labute approximate surface area is 207 Å². The number of aromatic nitrogens is 6. The van der Waals surface area contributed by atoms with Crippen LogP contribution in [-0.4, -0.2) is 36.2 Å². The van der Waals surface area contributed by atoms with Crippen LogP contribution in [0.5, 0.6) is 0 Å². The maximum Gasteiger partial charge on any atom is 0.223 e. The summed E-state index contributed by atoms with van der Waals surface area (Å²) in [5.74, 6) is 4.02. The van der Waals surface area contributed by atoms with Crippen LogP contribution in [0.3, 0.4) is 0 Å². The first-order valence-electron chi connectivity index (χ1n) is 9.97. The van der Waals surface area contributed by atoms with Crippen molar-refractivity contribution < 1.29 is 0 Å². The van der Waals surface area contributed by atoms with Gasteiger partial charge in [-0.3, -0.25) is 20.4 Å². The van der Waals surface area contributed by atoms with Crippen LogP contribution in [0.1, 0.15) is 11.1 Å². The van der Waals surface area contributed by atoms with E-state index in [2.05, 4.69) is 77.2 Å². The van der Waals surface area contributed by atoms with Gasteiger partial charge in [0.25, 0.3) is 0 Å². The van der Waals surface area contributed by atoms with E-state index in [1.54, 1.807) is 0 Å². The van der Waals surface area contributed by atoms with Gasteiger partial charge in [0.1, 0.15) is 0 Å². The quantitative estimate of drug-likeness (QED) is 0.150. The highest BCUT2D eigenvalue weighted by Crippen LogP contribution is 2.01. The van der Waals surface area contributed by atoms with Gasteiger partial charge in [0.2, 0.25) is 21.4 Å². The molecule has 0 radical (unpaired) electrons. The normalized spacial score (nSPS) is 9.29. The first kappa shape index (κ1) is 26.0. The molecule has 0 aliphatic carbocycles. The van der Waals surface area contributed by atoms with Crippen LogP contribution in [-0.2, 0) is 13.1 Å². The topological polar surface area (TPSA) is 151 Å². The number of nitrogen functional groups attached to an aromatic ring is 1. The van der Waals surface area contributed by atoms with Gasteiger partial charge in [0.15, 0.2) is 0 Å². The van der Waals surface area contributed by atoms with E-state index in [0.29, 0.717) is 40.3 Å². The SMILES string of the molecule is C=C(NCc1ccccc1)Nc1nc(=S)[nH][nH]1.C=C=NCc1ccccc1.Nc1nc(=S)[nH][nH]1. The number of nitrogens with zero attached hydrogens (tertiary/aromatic N) is 3. The van der Waals surface area contributed by atoms with Crippen molar-refractivity contribution in [1.82, 2.24) is 35.7 Å². The van der Waals surface area contributed by atoms with Crippen molar-refractivity contribution in [2.45, 2.75) is 13.1 Å². The van der Waals surface area contributed by atoms with Gasteiger partial charge < -0.3 is 16.4 Å². The number of anilines is 2. The Morgan fingerprint density at radius 2 is 1.50 bits per heavy atom. The van der Waals surface area contributed by atoms with Crippen molar-refractivity contribution in [2.24, 2.45) is 4.99 Å². The number of benzene rings is 2. The first-order chi connectivity index (χ1) is 16.5. The molecule has 0 bridgehead atoms. The highest BCUT2D eigenvalue weighted by molar-refractivity contribution is 7.71. The van der Waals surface area contributed by atoms with Gasteiger partial charge in [-0.05, 0) is 48.0 Å². The van der Waals surface area contributed by atoms with E-state index >= 15 is 0 Å². The molecule has 0 saturated heterocycles. The Kier molecular flexibility index (Phi) is 11.3. The lowest BCUT2D eigenvalue weighted by atomic mass is 10.2. The summed E-state index contributed by atoms with van der Waals surface area (Å²) in [4.78, 5) is 11.5. The molecule has 2 aromatic heterocycles. The summed E-state index contributed by atoms with van der Waals surface area (Å²) in [6.45, 7) is 8.62. The fourth-order valence-corrected chi connectivity index (χ4v) is 2.63. The Morgan fingerprint density at radius 1 is 0.912 bits per heavy atom. The molecule has 0 saturated carbocycles. The van der Waals surface area contributed by atoms with Gasteiger partial charge >= 0.3 is 0 Å². The molecule has 0 unspecified atom stereocenters. The van der Waals surface area contributed by atoms with Crippen LogP contribution >= 0.6 is 24.4 Å². The van der Waals surface area contributed by atoms with E-state index in [1.807, 2.05) is 60.7 Å². The van der Waals surface area contributed by atoms with E-state index < -0.39 is 0 Å². The summed E-state index contributed by atoms with van der Waals surface area (Å²) in [5.41, 5.74) is 7.49. The van der Waals surface area contributed by atoms with Crippen LogP contribution in [0.4, 0.5) is 11.9 Å². The van der Waals surface area contributed by atoms with E-state index in [9.17, 15) is 0 Å². The predicted molar refractivity (Wildman–Crippen MR) is 141 cm³/mol. The zero-order valence-electron chi connectivity index (χ0n) is 18.3. The van der Waals surface area contributed by atoms with Crippen LogP contribution in [0.15, 0.2) is 84.6 Å². The highest BCUT2D eigenvalue weighted by atomic mass is 32.1. The van der Waals surface area contributed by atoms with E-state index in [4.69, 9.17) is 18.0 Å². The Bertz CT molecular complexity index is 1280. The molecule has 8 N–H and O–H groups in total. The molecule has 0 aliphatic rings. The molecule has 2 heterocycles. The number of aliphatic imine (C=N–C) groups is 1. The van der Waals surface area contributed by atoms with Gasteiger partial charge in [0, 0.05) is 6.54 Å². The number of rotatable bonds is 7. The molecule has 4 aromatic rings. The van der Waals surface area contributed by atoms with Gasteiger partial charge in [-0.15, -0.1) is 0 Å². The first-order valence-corrected chi connectivity index (χ1v) is 10.8. The third kappa shape index (κ3) is 10.9. The second-order valence-corrected chi connectivity index (χ2v) is 7.24. The Morgan fingerprint density at radius 3 is 1.97 bits per heavy atom. The van der Waals surface area contributed by atoms with Gasteiger partial charge in [-0.1, -0.05) is 67.2 Å². The minimum atomic E-state index is 0.324. The average molecular weight is 495 g/mol. The standard InChI is InChI=1S/C11H13N5S.C9H9N.C2H4N4S/c1-8(13-10-14-11(17)16-15-10)12-7-9-5-3-2-4-6-9;1-2-10-8-9-6-4-3-5-7-9;3-1-4-2(7)6-5-1/h2-6,12H,1,7H2,(H3,13,14,15,16,17);3-7H,1,8H2;(H4,3,4,5,6,7). The smallest absolute Gasteiger partial charge is 0.223 e. The zero-order chi connectivity index (χ0) is 24.6. The summed E-state index contributed by atoms with van der Waals surface area (Å²) < 4.78 is 0.792. The number of nitrogens with one attached hydrogen (secondary N) is 6. The third-order valence-corrected chi connectivity index (χ3v) is 4.24. The molecule has 10 nitrogen and oxygen atoms in total. The largest absolute Gasteiger partial charge is 0.368 e. The molecule has 176 valence electrons. The average Bonchev–Trinajstić information content (AvgIpc) is 3.44. The number of aromatic amines is 4. The molecule has 0 spiro atoms. The summed E-state index contributed by atoms with van der Waals surface area (Å²) in [6.07, 6.45) is 0. The summed E-state index contributed by atoms with van der Waals surface area (Å²) in [6, 6.07) is 20.1. The fraction of sp³-hybridized carbons (Fsp3) is 0.0909. The minimum Gasteiger partial charge on any atom is -0.368 e. The molecular weight excluding hydrogens is 468 g/mol. The lowest BCUT2D eigenvalue weighted by molar-refractivity contribution is 0.816. The van der Waals surface area contributed by atoms with Gasteiger partial charge in [-0.25, -0.2) is 4.99 Å². The van der Waals surface area contributed by atoms with Crippen LogP contribution in [0.2, 0.25) is 0 Å². The minimum absolute atomic E-state index is 0.324. The Balaban J connectivity index is 0.000000202. The second-order valence-electron chi connectivity index (χ2n) is 6.47. The second kappa shape index (κ2) is 14.7. The molecule has 4 rings (SSSR count). The zero-order valence-corrected chi connectivity index (χ0v) is 20.0.